The average Bonchev–Trinajstić information content (AvgIpc) is 3.40. The van der Waals surface area contributed by atoms with Gasteiger partial charge in [-0.3, -0.25) is 14.7 Å². The summed E-state index contributed by atoms with van der Waals surface area (Å²) in [5.41, 5.74) is 4.72. The molecule has 0 fully saturated rings. The first kappa shape index (κ1) is 20.2. The molecule has 4 rings (SSSR count). The molecule has 0 aliphatic heterocycles. The normalized spacial score (nSPS) is 10.9. The van der Waals surface area contributed by atoms with Gasteiger partial charge in [-0.1, -0.05) is 23.9 Å². The smallest absolute Gasteiger partial charge is 0.277 e. The van der Waals surface area contributed by atoms with E-state index >= 15 is 0 Å². The van der Waals surface area contributed by atoms with Crippen LogP contribution in [0.1, 0.15) is 23.7 Å². The standard InChI is InChI=1S/C21H19N5O2S2/c1-13-5-4-6-18(14(13)2)26(15(3)27)20-23-17(11-29-20)12-30-21-25-24-19(28-21)16-7-9-22-10-8-16/h4-11H,12H2,1-3H3. The second kappa shape index (κ2) is 8.76. The van der Waals surface area contributed by atoms with Gasteiger partial charge >= 0.3 is 0 Å². The van der Waals surface area contributed by atoms with Gasteiger partial charge in [0.25, 0.3) is 5.22 Å². The third-order valence-corrected chi connectivity index (χ3v) is 6.27. The molecule has 152 valence electrons. The Morgan fingerprint density at radius 3 is 2.73 bits per heavy atom. The van der Waals surface area contributed by atoms with Crippen molar-refractivity contribution in [1.29, 1.82) is 0 Å². The van der Waals surface area contributed by atoms with E-state index in [9.17, 15) is 4.79 Å². The number of hydrogen-bond acceptors (Lipinski definition) is 8. The number of carbonyl (C=O) groups is 1. The highest BCUT2D eigenvalue weighted by molar-refractivity contribution is 7.98. The third-order valence-electron chi connectivity index (χ3n) is 4.54. The largest absolute Gasteiger partial charge is 0.411 e. The molecule has 1 aromatic carbocycles. The van der Waals surface area contributed by atoms with E-state index in [1.165, 1.54) is 23.1 Å². The van der Waals surface area contributed by atoms with E-state index in [2.05, 4.69) is 20.2 Å². The minimum atomic E-state index is -0.0730. The highest BCUT2D eigenvalue weighted by Gasteiger charge is 2.20. The van der Waals surface area contributed by atoms with Gasteiger partial charge in [0.15, 0.2) is 5.13 Å². The summed E-state index contributed by atoms with van der Waals surface area (Å²) in [6.07, 6.45) is 3.36. The van der Waals surface area contributed by atoms with Gasteiger partial charge in [-0.15, -0.1) is 21.5 Å². The number of thiazole rings is 1. The van der Waals surface area contributed by atoms with Gasteiger partial charge in [0.05, 0.1) is 11.4 Å². The highest BCUT2D eigenvalue weighted by Crippen LogP contribution is 2.34. The van der Waals surface area contributed by atoms with Gasteiger partial charge in [-0.2, -0.15) is 0 Å². The van der Waals surface area contributed by atoms with Gasteiger partial charge in [0.1, 0.15) is 0 Å². The van der Waals surface area contributed by atoms with E-state index in [1.54, 1.807) is 24.2 Å². The van der Waals surface area contributed by atoms with Crippen LogP contribution in [-0.2, 0) is 10.5 Å². The van der Waals surface area contributed by atoms with Gasteiger partial charge < -0.3 is 4.42 Å². The number of nitrogens with zero attached hydrogens (tertiary/aromatic N) is 5. The molecule has 0 radical (unpaired) electrons. The molecule has 1 amide bonds. The molecule has 0 saturated carbocycles. The van der Waals surface area contributed by atoms with E-state index in [4.69, 9.17) is 4.42 Å². The predicted molar refractivity (Wildman–Crippen MR) is 118 cm³/mol. The highest BCUT2D eigenvalue weighted by atomic mass is 32.2. The van der Waals surface area contributed by atoms with Crippen LogP contribution in [0.4, 0.5) is 10.8 Å². The number of amides is 1. The predicted octanol–water partition coefficient (Wildman–Crippen LogP) is 5.18. The Kier molecular flexibility index (Phi) is 5.91. The molecule has 3 heterocycles. The fraction of sp³-hybridized carbons (Fsp3) is 0.190. The molecule has 7 nitrogen and oxygen atoms in total. The second-order valence-corrected chi connectivity index (χ2v) is 8.36. The summed E-state index contributed by atoms with van der Waals surface area (Å²) in [5.74, 6) is 0.945. The summed E-state index contributed by atoms with van der Waals surface area (Å²) in [7, 11) is 0. The number of hydrogen-bond donors (Lipinski definition) is 0. The van der Waals surface area contributed by atoms with Crippen molar-refractivity contribution in [2.75, 3.05) is 4.90 Å². The van der Waals surface area contributed by atoms with Crippen molar-refractivity contribution in [3.63, 3.8) is 0 Å². The SMILES string of the molecule is CC(=O)N(c1nc(CSc2nnc(-c3ccncc3)o2)cs1)c1cccc(C)c1C. The minimum absolute atomic E-state index is 0.0730. The van der Waals surface area contributed by atoms with Gasteiger partial charge in [0, 0.05) is 36.0 Å². The monoisotopic (exact) mass is 437 g/mol. The van der Waals surface area contributed by atoms with Crippen molar-refractivity contribution >= 4 is 39.8 Å². The fourth-order valence-electron chi connectivity index (χ4n) is 2.87. The van der Waals surface area contributed by atoms with Crippen molar-refractivity contribution in [1.82, 2.24) is 20.2 Å². The molecule has 0 spiro atoms. The lowest BCUT2D eigenvalue weighted by molar-refractivity contribution is -0.115. The topological polar surface area (TPSA) is 85.0 Å². The maximum atomic E-state index is 12.4. The fourth-order valence-corrected chi connectivity index (χ4v) is 4.51. The van der Waals surface area contributed by atoms with Crippen molar-refractivity contribution in [3.05, 3.63) is 64.9 Å². The number of benzene rings is 1. The van der Waals surface area contributed by atoms with Crippen molar-refractivity contribution in [2.24, 2.45) is 0 Å². The molecule has 0 saturated heterocycles. The lowest BCUT2D eigenvalue weighted by Crippen LogP contribution is -2.23. The zero-order valence-corrected chi connectivity index (χ0v) is 18.3. The molecule has 30 heavy (non-hydrogen) atoms. The zero-order chi connectivity index (χ0) is 21.1. The molecular weight excluding hydrogens is 418 g/mol. The number of rotatable bonds is 6. The molecule has 0 unspecified atom stereocenters. The molecule has 0 bridgehead atoms. The third kappa shape index (κ3) is 4.27. The summed E-state index contributed by atoms with van der Waals surface area (Å²) in [4.78, 5) is 22.7. The number of pyridine rings is 1. The van der Waals surface area contributed by atoms with Crippen LogP contribution in [0.5, 0.6) is 0 Å². The van der Waals surface area contributed by atoms with E-state index in [-0.39, 0.29) is 5.91 Å². The Labute approximate surface area is 182 Å². The molecule has 0 N–H and O–H groups in total. The first-order valence-electron chi connectivity index (χ1n) is 9.21. The van der Waals surface area contributed by atoms with Crippen LogP contribution in [0.2, 0.25) is 0 Å². The van der Waals surface area contributed by atoms with Crippen LogP contribution >= 0.6 is 23.1 Å². The summed E-state index contributed by atoms with van der Waals surface area (Å²) >= 11 is 2.85. The average molecular weight is 438 g/mol. The maximum absolute atomic E-state index is 12.4. The Hall–Kier alpha value is -3.04. The molecule has 3 aromatic heterocycles. The van der Waals surface area contributed by atoms with Crippen LogP contribution in [0.25, 0.3) is 11.5 Å². The Balaban J connectivity index is 1.49. The van der Waals surface area contributed by atoms with Crippen LogP contribution in [0, 0.1) is 13.8 Å². The van der Waals surface area contributed by atoms with Crippen molar-refractivity contribution in [3.8, 4) is 11.5 Å². The van der Waals surface area contributed by atoms with E-state index in [0.29, 0.717) is 22.0 Å². The van der Waals surface area contributed by atoms with E-state index in [1.807, 2.05) is 49.6 Å². The van der Waals surface area contributed by atoms with Gasteiger partial charge in [-0.25, -0.2) is 4.98 Å². The number of anilines is 2. The molecule has 0 atom stereocenters. The van der Waals surface area contributed by atoms with Gasteiger partial charge in [0.2, 0.25) is 11.8 Å². The summed E-state index contributed by atoms with van der Waals surface area (Å²) in [5, 5.41) is 11.2. The van der Waals surface area contributed by atoms with Gasteiger partial charge in [-0.05, 0) is 43.2 Å². The van der Waals surface area contributed by atoms with Crippen molar-refractivity contribution < 1.29 is 9.21 Å². The lowest BCUT2D eigenvalue weighted by atomic mass is 10.1. The molecular formula is C21H19N5O2S2. The zero-order valence-electron chi connectivity index (χ0n) is 16.7. The quantitative estimate of drug-likeness (QED) is 0.384. The Morgan fingerprint density at radius 1 is 1.17 bits per heavy atom. The molecule has 4 aromatic rings. The van der Waals surface area contributed by atoms with Crippen LogP contribution in [-0.4, -0.2) is 26.1 Å². The van der Waals surface area contributed by atoms with Crippen LogP contribution in [0.3, 0.4) is 0 Å². The van der Waals surface area contributed by atoms with Crippen molar-refractivity contribution in [2.45, 2.75) is 31.7 Å². The number of thioether (sulfide) groups is 1. The van der Waals surface area contributed by atoms with Crippen LogP contribution < -0.4 is 4.90 Å². The number of carbonyl (C=O) groups excluding carboxylic acids is 1. The maximum Gasteiger partial charge on any atom is 0.277 e. The summed E-state index contributed by atoms with van der Waals surface area (Å²) in [6.45, 7) is 5.60. The minimum Gasteiger partial charge on any atom is -0.411 e. The first-order chi connectivity index (χ1) is 14.5. The molecule has 0 aliphatic carbocycles. The number of aryl methyl sites for hydroxylation is 1. The van der Waals surface area contributed by atoms with E-state index in [0.717, 1.165) is 28.1 Å². The Morgan fingerprint density at radius 2 is 1.97 bits per heavy atom. The molecule has 9 heteroatoms. The molecule has 0 aliphatic rings. The van der Waals surface area contributed by atoms with E-state index < -0.39 is 0 Å². The Bertz CT molecular complexity index is 1170. The number of aromatic nitrogens is 4. The summed E-state index contributed by atoms with van der Waals surface area (Å²) < 4.78 is 5.71. The second-order valence-electron chi connectivity index (χ2n) is 6.59. The van der Waals surface area contributed by atoms with Crippen LogP contribution in [0.15, 0.2) is 57.7 Å². The first-order valence-corrected chi connectivity index (χ1v) is 11.1. The summed E-state index contributed by atoms with van der Waals surface area (Å²) in [6, 6.07) is 9.56. The lowest BCUT2D eigenvalue weighted by Gasteiger charge is -2.21.